The first-order chi connectivity index (χ1) is 13.2. The Morgan fingerprint density at radius 3 is 2.96 bits per heavy atom. The Labute approximate surface area is 159 Å². The van der Waals surface area contributed by atoms with E-state index in [1.165, 1.54) is 23.1 Å². The Morgan fingerprint density at radius 2 is 2.11 bits per heavy atom. The fourth-order valence-corrected chi connectivity index (χ4v) is 3.83. The zero-order valence-electron chi connectivity index (χ0n) is 16.0. The number of ether oxygens (including phenoxy) is 1. The molecule has 0 bridgehead atoms. The standard InChI is InChI=1S/C23H26N2O2/c1-3-12-27-22-7-5-4-6-21(22)25-23(26)16-9-11-20-18(14-16)17-13-15(2)8-10-19(17)24-20/h4-7,9,11,14-15,24H,3,8,10,12-13H2,1-2H3,(H,25,26)/t15-/m1/s1. The van der Waals surface area contributed by atoms with Gasteiger partial charge in [0.25, 0.3) is 5.91 Å². The summed E-state index contributed by atoms with van der Waals surface area (Å²) in [5.41, 5.74) is 5.22. The molecule has 1 aliphatic rings. The van der Waals surface area contributed by atoms with Crippen LogP contribution in [0.2, 0.25) is 0 Å². The molecular weight excluding hydrogens is 336 g/mol. The maximum absolute atomic E-state index is 12.9. The zero-order chi connectivity index (χ0) is 18.8. The van der Waals surface area contributed by atoms with Crippen LogP contribution in [0.4, 0.5) is 5.69 Å². The first kappa shape index (κ1) is 17.7. The Balaban J connectivity index is 1.61. The highest BCUT2D eigenvalue weighted by Crippen LogP contribution is 2.32. The molecule has 0 unspecified atom stereocenters. The zero-order valence-corrected chi connectivity index (χ0v) is 16.0. The molecule has 140 valence electrons. The molecule has 4 nitrogen and oxygen atoms in total. The van der Waals surface area contributed by atoms with E-state index >= 15 is 0 Å². The largest absolute Gasteiger partial charge is 0.491 e. The number of benzene rings is 2. The van der Waals surface area contributed by atoms with Crippen LogP contribution in [0.5, 0.6) is 5.75 Å². The summed E-state index contributed by atoms with van der Waals surface area (Å²) in [5, 5.41) is 4.19. The lowest BCUT2D eigenvalue weighted by Gasteiger charge is -2.18. The van der Waals surface area contributed by atoms with Gasteiger partial charge in [-0.25, -0.2) is 0 Å². The monoisotopic (exact) mass is 362 g/mol. The molecule has 0 aliphatic heterocycles. The summed E-state index contributed by atoms with van der Waals surface area (Å²) in [6.45, 7) is 4.99. The van der Waals surface area contributed by atoms with Gasteiger partial charge in [0, 0.05) is 22.2 Å². The second-order valence-corrected chi connectivity index (χ2v) is 7.49. The number of nitrogens with one attached hydrogen (secondary N) is 2. The minimum absolute atomic E-state index is 0.108. The summed E-state index contributed by atoms with van der Waals surface area (Å²) >= 11 is 0. The SMILES string of the molecule is CCCOc1ccccc1NC(=O)c1ccc2[nH]c3c(c2c1)C[C@H](C)CC3. The normalized spacial score (nSPS) is 16.1. The molecule has 1 aliphatic carbocycles. The van der Waals surface area contributed by atoms with E-state index in [2.05, 4.69) is 24.1 Å². The first-order valence-corrected chi connectivity index (χ1v) is 9.82. The lowest BCUT2D eigenvalue weighted by molar-refractivity contribution is 0.102. The number of hydrogen-bond acceptors (Lipinski definition) is 2. The number of carbonyl (C=O) groups excluding carboxylic acids is 1. The van der Waals surface area contributed by atoms with E-state index in [1.807, 2.05) is 42.5 Å². The Bertz CT molecular complexity index is 974. The maximum Gasteiger partial charge on any atom is 0.255 e. The van der Waals surface area contributed by atoms with E-state index in [-0.39, 0.29) is 5.91 Å². The van der Waals surface area contributed by atoms with Gasteiger partial charge < -0.3 is 15.0 Å². The van der Waals surface area contributed by atoms with E-state index in [1.54, 1.807) is 0 Å². The van der Waals surface area contributed by atoms with Gasteiger partial charge in [-0.3, -0.25) is 4.79 Å². The van der Waals surface area contributed by atoms with Gasteiger partial charge in [0.15, 0.2) is 0 Å². The first-order valence-electron chi connectivity index (χ1n) is 9.82. The summed E-state index contributed by atoms with van der Waals surface area (Å²) in [5.74, 6) is 1.29. The number of aromatic nitrogens is 1. The maximum atomic E-state index is 12.9. The molecule has 27 heavy (non-hydrogen) atoms. The number of carbonyl (C=O) groups is 1. The molecule has 0 fully saturated rings. The van der Waals surface area contributed by atoms with E-state index in [9.17, 15) is 4.79 Å². The fourth-order valence-electron chi connectivity index (χ4n) is 3.83. The number of fused-ring (bicyclic) bond motifs is 3. The van der Waals surface area contributed by atoms with Crippen LogP contribution in [-0.4, -0.2) is 17.5 Å². The number of H-pyrrole nitrogens is 1. The van der Waals surface area contributed by atoms with Gasteiger partial charge in [-0.05, 0) is 67.5 Å². The smallest absolute Gasteiger partial charge is 0.255 e. The molecule has 1 heterocycles. The molecule has 1 atom stereocenters. The number of hydrogen-bond donors (Lipinski definition) is 2. The average Bonchev–Trinajstić information content (AvgIpc) is 3.04. The number of anilines is 1. The molecule has 0 saturated carbocycles. The highest BCUT2D eigenvalue weighted by Gasteiger charge is 2.20. The van der Waals surface area contributed by atoms with E-state index in [4.69, 9.17) is 4.74 Å². The summed E-state index contributed by atoms with van der Waals surface area (Å²) < 4.78 is 5.75. The van der Waals surface area contributed by atoms with Crippen molar-refractivity contribution in [2.75, 3.05) is 11.9 Å². The third kappa shape index (κ3) is 3.57. The highest BCUT2D eigenvalue weighted by atomic mass is 16.5. The van der Waals surface area contributed by atoms with Gasteiger partial charge in [0.2, 0.25) is 0 Å². The van der Waals surface area contributed by atoms with Gasteiger partial charge in [0.1, 0.15) is 5.75 Å². The molecule has 0 saturated heterocycles. The van der Waals surface area contributed by atoms with Crippen molar-refractivity contribution in [1.29, 1.82) is 0 Å². The summed E-state index contributed by atoms with van der Waals surface area (Å²) in [6.07, 6.45) is 4.32. The van der Waals surface area contributed by atoms with Crippen molar-refractivity contribution in [2.24, 2.45) is 5.92 Å². The van der Waals surface area contributed by atoms with Crippen LogP contribution in [0.25, 0.3) is 10.9 Å². The molecule has 0 radical (unpaired) electrons. The number of aryl methyl sites for hydroxylation is 1. The molecule has 1 aromatic heterocycles. The van der Waals surface area contributed by atoms with Gasteiger partial charge in [-0.1, -0.05) is 26.0 Å². The third-order valence-electron chi connectivity index (χ3n) is 5.29. The van der Waals surface area contributed by atoms with Gasteiger partial charge >= 0.3 is 0 Å². The highest BCUT2D eigenvalue weighted by molar-refractivity contribution is 6.07. The third-order valence-corrected chi connectivity index (χ3v) is 5.29. The quantitative estimate of drug-likeness (QED) is 0.644. The molecular formula is C23H26N2O2. The van der Waals surface area contributed by atoms with Crippen LogP contribution >= 0.6 is 0 Å². The van der Waals surface area contributed by atoms with Gasteiger partial charge in [-0.2, -0.15) is 0 Å². The number of amides is 1. The molecule has 4 heteroatoms. The van der Waals surface area contributed by atoms with E-state index in [0.29, 0.717) is 29.5 Å². The second-order valence-electron chi connectivity index (χ2n) is 7.49. The fraction of sp³-hybridized carbons (Fsp3) is 0.348. The molecule has 1 amide bonds. The van der Waals surface area contributed by atoms with E-state index in [0.717, 1.165) is 24.8 Å². The van der Waals surface area contributed by atoms with Crippen LogP contribution in [0, 0.1) is 5.92 Å². The summed E-state index contributed by atoms with van der Waals surface area (Å²) in [7, 11) is 0. The molecule has 2 aromatic carbocycles. The van der Waals surface area contributed by atoms with Crippen molar-refractivity contribution in [3.8, 4) is 5.75 Å². The van der Waals surface area contributed by atoms with Crippen molar-refractivity contribution in [2.45, 2.75) is 39.5 Å². The van der Waals surface area contributed by atoms with Gasteiger partial charge in [-0.15, -0.1) is 0 Å². The van der Waals surface area contributed by atoms with Crippen molar-refractivity contribution in [3.63, 3.8) is 0 Å². The molecule has 2 N–H and O–H groups in total. The minimum Gasteiger partial charge on any atom is -0.491 e. The van der Waals surface area contributed by atoms with Crippen LogP contribution in [0.3, 0.4) is 0 Å². The Hall–Kier alpha value is -2.75. The number of para-hydroxylation sites is 2. The topological polar surface area (TPSA) is 54.1 Å². The van der Waals surface area contributed by atoms with E-state index < -0.39 is 0 Å². The van der Waals surface area contributed by atoms with Crippen molar-refractivity contribution >= 4 is 22.5 Å². The molecule has 4 rings (SSSR count). The van der Waals surface area contributed by atoms with Crippen LogP contribution in [0.1, 0.15) is 48.3 Å². The van der Waals surface area contributed by atoms with Crippen molar-refractivity contribution in [3.05, 3.63) is 59.3 Å². The molecule has 0 spiro atoms. The molecule has 3 aromatic rings. The lowest BCUT2D eigenvalue weighted by Crippen LogP contribution is -2.13. The number of rotatable bonds is 5. The number of aromatic amines is 1. The predicted molar refractivity (Wildman–Crippen MR) is 110 cm³/mol. The summed E-state index contributed by atoms with van der Waals surface area (Å²) in [4.78, 5) is 16.4. The predicted octanol–water partition coefficient (Wildman–Crippen LogP) is 5.33. The van der Waals surface area contributed by atoms with Crippen LogP contribution in [0.15, 0.2) is 42.5 Å². The minimum atomic E-state index is -0.108. The van der Waals surface area contributed by atoms with Crippen molar-refractivity contribution in [1.82, 2.24) is 4.98 Å². The van der Waals surface area contributed by atoms with Gasteiger partial charge in [0.05, 0.1) is 12.3 Å². The Kier molecular flexibility index (Phi) is 4.88. The lowest BCUT2D eigenvalue weighted by atomic mass is 9.87. The van der Waals surface area contributed by atoms with Crippen molar-refractivity contribution < 1.29 is 9.53 Å². The second kappa shape index (κ2) is 7.47. The van der Waals surface area contributed by atoms with Crippen LogP contribution < -0.4 is 10.1 Å². The summed E-state index contributed by atoms with van der Waals surface area (Å²) in [6, 6.07) is 13.5. The average molecular weight is 362 g/mol. The van der Waals surface area contributed by atoms with Crippen LogP contribution in [-0.2, 0) is 12.8 Å². The Morgan fingerprint density at radius 1 is 1.26 bits per heavy atom.